The standard InChI is InChI=1S/C11H15ClFNO/c1-11(14,5-6-15-2)9-7-8(13)3-4-10(9)12/h3-4,7H,5-6,14H2,1-2H3. The lowest BCUT2D eigenvalue weighted by Crippen LogP contribution is -2.34. The van der Waals surface area contributed by atoms with Crippen molar-refractivity contribution in [3.63, 3.8) is 0 Å². The van der Waals surface area contributed by atoms with Crippen molar-refractivity contribution >= 4 is 11.6 Å². The molecule has 2 N–H and O–H groups in total. The Bertz CT molecular complexity index is 341. The molecule has 0 aliphatic carbocycles. The third-order valence-electron chi connectivity index (χ3n) is 2.37. The predicted molar refractivity (Wildman–Crippen MR) is 59.4 cm³/mol. The van der Waals surface area contributed by atoms with E-state index in [4.69, 9.17) is 22.1 Å². The number of halogens is 2. The second-order valence-corrected chi connectivity index (χ2v) is 4.19. The summed E-state index contributed by atoms with van der Waals surface area (Å²) in [7, 11) is 1.60. The summed E-state index contributed by atoms with van der Waals surface area (Å²) in [5.74, 6) is -0.330. The SMILES string of the molecule is COCCC(C)(N)c1cc(F)ccc1Cl. The number of nitrogens with two attached hydrogens (primary N) is 1. The van der Waals surface area contributed by atoms with E-state index in [0.29, 0.717) is 23.6 Å². The van der Waals surface area contributed by atoms with Crippen LogP contribution in [0.2, 0.25) is 5.02 Å². The fourth-order valence-electron chi connectivity index (χ4n) is 1.38. The van der Waals surface area contributed by atoms with Crippen molar-refractivity contribution in [1.82, 2.24) is 0 Å². The van der Waals surface area contributed by atoms with Crippen LogP contribution in [0, 0.1) is 5.82 Å². The molecule has 0 fully saturated rings. The van der Waals surface area contributed by atoms with Gasteiger partial charge in [-0.2, -0.15) is 0 Å². The number of hydrogen-bond donors (Lipinski definition) is 1. The van der Waals surface area contributed by atoms with E-state index in [0.717, 1.165) is 0 Å². The number of methoxy groups -OCH3 is 1. The van der Waals surface area contributed by atoms with E-state index in [1.54, 1.807) is 7.11 Å². The van der Waals surface area contributed by atoms with E-state index in [9.17, 15) is 4.39 Å². The normalized spacial score (nSPS) is 15.0. The summed E-state index contributed by atoms with van der Waals surface area (Å²) in [5.41, 5.74) is 6.00. The second-order valence-electron chi connectivity index (χ2n) is 3.78. The Morgan fingerprint density at radius 2 is 2.20 bits per heavy atom. The van der Waals surface area contributed by atoms with E-state index >= 15 is 0 Å². The quantitative estimate of drug-likeness (QED) is 0.865. The highest BCUT2D eigenvalue weighted by Gasteiger charge is 2.23. The minimum Gasteiger partial charge on any atom is -0.385 e. The topological polar surface area (TPSA) is 35.2 Å². The molecule has 0 saturated carbocycles. The molecule has 84 valence electrons. The maximum absolute atomic E-state index is 13.1. The highest BCUT2D eigenvalue weighted by molar-refractivity contribution is 6.31. The van der Waals surface area contributed by atoms with Crippen molar-refractivity contribution in [2.75, 3.05) is 13.7 Å². The van der Waals surface area contributed by atoms with Crippen molar-refractivity contribution < 1.29 is 9.13 Å². The molecule has 0 heterocycles. The van der Waals surface area contributed by atoms with Gasteiger partial charge in [0, 0.05) is 24.3 Å². The molecule has 1 aromatic rings. The Labute approximate surface area is 94.2 Å². The van der Waals surface area contributed by atoms with Crippen molar-refractivity contribution in [2.24, 2.45) is 5.73 Å². The van der Waals surface area contributed by atoms with Crippen LogP contribution in [0.1, 0.15) is 18.9 Å². The summed E-state index contributed by atoms with van der Waals surface area (Å²) in [5, 5.41) is 0.484. The number of rotatable bonds is 4. The zero-order valence-corrected chi connectivity index (χ0v) is 9.64. The van der Waals surface area contributed by atoms with E-state index in [2.05, 4.69) is 0 Å². The number of ether oxygens (including phenoxy) is 1. The molecule has 0 aromatic heterocycles. The average molecular weight is 232 g/mol. The van der Waals surface area contributed by atoms with Gasteiger partial charge in [-0.3, -0.25) is 0 Å². The fourth-order valence-corrected chi connectivity index (χ4v) is 1.72. The molecule has 1 aromatic carbocycles. The first-order chi connectivity index (χ1) is 6.97. The first-order valence-corrected chi connectivity index (χ1v) is 5.08. The van der Waals surface area contributed by atoms with Crippen molar-refractivity contribution in [3.05, 3.63) is 34.6 Å². The summed E-state index contributed by atoms with van der Waals surface area (Å²) in [6.07, 6.45) is 0.590. The molecule has 0 amide bonds. The highest BCUT2D eigenvalue weighted by Crippen LogP contribution is 2.29. The fraction of sp³-hybridized carbons (Fsp3) is 0.455. The largest absolute Gasteiger partial charge is 0.385 e. The van der Waals surface area contributed by atoms with Gasteiger partial charge in [0.15, 0.2) is 0 Å². The molecule has 0 bridgehead atoms. The smallest absolute Gasteiger partial charge is 0.123 e. The monoisotopic (exact) mass is 231 g/mol. The Morgan fingerprint density at radius 1 is 1.53 bits per heavy atom. The lowest BCUT2D eigenvalue weighted by molar-refractivity contribution is 0.172. The molecule has 1 rings (SSSR count). The van der Waals surface area contributed by atoms with Gasteiger partial charge < -0.3 is 10.5 Å². The van der Waals surface area contributed by atoms with E-state index < -0.39 is 5.54 Å². The molecule has 0 radical (unpaired) electrons. The Balaban J connectivity index is 2.97. The van der Waals surface area contributed by atoms with Crippen molar-refractivity contribution in [2.45, 2.75) is 18.9 Å². The van der Waals surface area contributed by atoms with Crippen LogP contribution in [0.3, 0.4) is 0 Å². The van der Waals surface area contributed by atoms with Crippen LogP contribution >= 0.6 is 11.6 Å². The third-order valence-corrected chi connectivity index (χ3v) is 2.70. The summed E-state index contributed by atoms with van der Waals surface area (Å²) in [6.45, 7) is 2.33. The first-order valence-electron chi connectivity index (χ1n) is 4.71. The van der Waals surface area contributed by atoms with E-state index in [1.807, 2.05) is 6.92 Å². The molecule has 0 aliphatic heterocycles. The highest BCUT2D eigenvalue weighted by atomic mass is 35.5. The molecule has 2 nitrogen and oxygen atoms in total. The summed E-state index contributed by atoms with van der Waals surface area (Å²) in [4.78, 5) is 0. The predicted octanol–water partition coefficient (Wildman–Crippen LogP) is 2.69. The summed E-state index contributed by atoms with van der Waals surface area (Å²) >= 11 is 5.97. The average Bonchev–Trinajstić information content (AvgIpc) is 2.18. The lowest BCUT2D eigenvalue weighted by Gasteiger charge is -2.26. The van der Waals surface area contributed by atoms with Crippen LogP contribution in [0.5, 0.6) is 0 Å². The first kappa shape index (κ1) is 12.4. The minimum atomic E-state index is -0.671. The molecule has 15 heavy (non-hydrogen) atoms. The van der Waals surface area contributed by atoms with Gasteiger partial charge in [0.05, 0.1) is 0 Å². The Hall–Kier alpha value is -0.640. The molecular formula is C11H15ClFNO. The lowest BCUT2D eigenvalue weighted by atomic mass is 9.90. The third kappa shape index (κ3) is 3.16. The van der Waals surface area contributed by atoms with Crippen LogP contribution in [0.15, 0.2) is 18.2 Å². The van der Waals surface area contributed by atoms with E-state index in [-0.39, 0.29) is 5.82 Å². The maximum atomic E-state index is 13.1. The Morgan fingerprint density at radius 3 is 2.80 bits per heavy atom. The zero-order chi connectivity index (χ0) is 11.5. The van der Waals surface area contributed by atoms with Gasteiger partial charge in [0.2, 0.25) is 0 Å². The van der Waals surface area contributed by atoms with Crippen LogP contribution in [-0.4, -0.2) is 13.7 Å². The van der Waals surface area contributed by atoms with Crippen LogP contribution < -0.4 is 5.73 Å². The Kier molecular flexibility index (Phi) is 4.08. The van der Waals surface area contributed by atoms with Gasteiger partial charge in [-0.25, -0.2) is 4.39 Å². The van der Waals surface area contributed by atoms with Gasteiger partial charge in [-0.15, -0.1) is 0 Å². The molecular weight excluding hydrogens is 217 g/mol. The number of benzene rings is 1. The van der Waals surface area contributed by atoms with Gasteiger partial charge >= 0.3 is 0 Å². The number of hydrogen-bond acceptors (Lipinski definition) is 2. The molecule has 4 heteroatoms. The van der Waals surface area contributed by atoms with Crippen molar-refractivity contribution in [3.8, 4) is 0 Å². The molecule has 1 unspecified atom stereocenters. The van der Waals surface area contributed by atoms with Gasteiger partial charge in [-0.1, -0.05) is 11.6 Å². The van der Waals surface area contributed by atoms with Crippen molar-refractivity contribution in [1.29, 1.82) is 0 Å². The van der Waals surface area contributed by atoms with Crippen LogP contribution in [0.25, 0.3) is 0 Å². The minimum absolute atomic E-state index is 0.330. The molecule has 0 saturated heterocycles. The summed E-state index contributed by atoms with van der Waals surface area (Å²) in [6, 6.07) is 4.21. The van der Waals surface area contributed by atoms with Gasteiger partial charge in [0.25, 0.3) is 0 Å². The molecule has 0 aliphatic rings. The van der Waals surface area contributed by atoms with Gasteiger partial charge in [0.1, 0.15) is 5.82 Å². The summed E-state index contributed by atoms with van der Waals surface area (Å²) < 4.78 is 18.0. The zero-order valence-electron chi connectivity index (χ0n) is 8.89. The molecule has 0 spiro atoms. The van der Waals surface area contributed by atoms with Crippen LogP contribution in [0.4, 0.5) is 4.39 Å². The molecule has 1 atom stereocenters. The van der Waals surface area contributed by atoms with Gasteiger partial charge in [-0.05, 0) is 37.1 Å². The second kappa shape index (κ2) is 4.92. The van der Waals surface area contributed by atoms with Crippen LogP contribution in [-0.2, 0) is 10.3 Å². The maximum Gasteiger partial charge on any atom is 0.123 e. The van der Waals surface area contributed by atoms with E-state index in [1.165, 1.54) is 18.2 Å².